The van der Waals surface area contributed by atoms with Gasteiger partial charge in [0.2, 0.25) is 0 Å². The molecule has 0 fully saturated rings. The third kappa shape index (κ3) is 3.77. The molecule has 0 radical (unpaired) electrons. The van der Waals surface area contributed by atoms with Crippen molar-refractivity contribution in [2.24, 2.45) is 0 Å². The molecule has 1 amide bonds. The number of nitrogens with zero attached hydrogens (tertiary/aromatic N) is 4. The van der Waals surface area contributed by atoms with Gasteiger partial charge in [0.25, 0.3) is 5.91 Å². The van der Waals surface area contributed by atoms with E-state index < -0.39 is 0 Å². The standard InChI is InChI=1S/C20H20N6OS/c1-28-12-10-15(19-25-24-18-9-5-6-11-26(18)19)21-20(27)17-13-16(22-23-17)14-7-3-2-4-8-14/h2-9,11,13,15H,10,12H2,1H3,(H,21,27)(H,22,23)/t15-/m1/s1. The Morgan fingerprint density at radius 2 is 2.00 bits per heavy atom. The third-order valence-electron chi connectivity index (χ3n) is 4.46. The molecule has 0 saturated heterocycles. The second-order valence-corrected chi connectivity index (χ2v) is 7.31. The van der Waals surface area contributed by atoms with E-state index in [0.29, 0.717) is 5.69 Å². The zero-order valence-corrected chi connectivity index (χ0v) is 16.2. The fourth-order valence-electron chi connectivity index (χ4n) is 3.03. The Hall–Kier alpha value is -3.13. The molecule has 1 atom stereocenters. The number of carbonyl (C=O) groups excluding carboxylic acids is 1. The summed E-state index contributed by atoms with van der Waals surface area (Å²) in [5, 5.41) is 18.7. The Bertz CT molecular complexity index is 1070. The summed E-state index contributed by atoms with van der Waals surface area (Å²) in [5.41, 5.74) is 2.87. The molecular weight excluding hydrogens is 372 g/mol. The second-order valence-electron chi connectivity index (χ2n) is 6.33. The van der Waals surface area contributed by atoms with E-state index in [1.54, 1.807) is 17.8 Å². The van der Waals surface area contributed by atoms with Gasteiger partial charge in [-0.2, -0.15) is 16.9 Å². The number of rotatable bonds is 7. The van der Waals surface area contributed by atoms with E-state index in [-0.39, 0.29) is 11.9 Å². The van der Waals surface area contributed by atoms with Gasteiger partial charge >= 0.3 is 0 Å². The molecule has 0 aliphatic heterocycles. The summed E-state index contributed by atoms with van der Waals surface area (Å²) in [4.78, 5) is 12.8. The Morgan fingerprint density at radius 1 is 1.18 bits per heavy atom. The van der Waals surface area contributed by atoms with Crippen molar-refractivity contribution in [1.82, 2.24) is 30.1 Å². The topological polar surface area (TPSA) is 88.0 Å². The molecule has 8 heteroatoms. The first-order valence-corrected chi connectivity index (χ1v) is 10.4. The lowest BCUT2D eigenvalue weighted by molar-refractivity contribution is 0.0928. The number of hydrogen-bond acceptors (Lipinski definition) is 5. The first-order chi connectivity index (χ1) is 13.8. The molecule has 1 aromatic carbocycles. The quantitative estimate of drug-likeness (QED) is 0.504. The lowest BCUT2D eigenvalue weighted by Gasteiger charge is -2.16. The van der Waals surface area contributed by atoms with Crippen molar-refractivity contribution in [2.45, 2.75) is 12.5 Å². The summed E-state index contributed by atoms with van der Waals surface area (Å²) in [6.07, 6.45) is 4.71. The van der Waals surface area contributed by atoms with E-state index in [4.69, 9.17) is 0 Å². The van der Waals surface area contributed by atoms with Gasteiger partial charge in [-0.3, -0.25) is 14.3 Å². The van der Waals surface area contributed by atoms with Crippen LogP contribution >= 0.6 is 11.8 Å². The number of amides is 1. The van der Waals surface area contributed by atoms with Gasteiger partial charge in [-0.1, -0.05) is 36.4 Å². The monoisotopic (exact) mass is 392 g/mol. The van der Waals surface area contributed by atoms with Gasteiger partial charge in [0.05, 0.1) is 11.7 Å². The second kappa shape index (κ2) is 8.26. The molecule has 142 valence electrons. The highest BCUT2D eigenvalue weighted by Crippen LogP contribution is 2.20. The van der Waals surface area contributed by atoms with Crippen LogP contribution in [0.25, 0.3) is 16.9 Å². The highest BCUT2D eigenvalue weighted by molar-refractivity contribution is 7.98. The van der Waals surface area contributed by atoms with Crippen molar-refractivity contribution < 1.29 is 4.79 Å². The molecule has 0 bridgehead atoms. The normalized spacial score (nSPS) is 12.2. The van der Waals surface area contributed by atoms with Crippen molar-refractivity contribution in [3.63, 3.8) is 0 Å². The van der Waals surface area contributed by atoms with Crippen molar-refractivity contribution >= 4 is 23.3 Å². The maximum absolute atomic E-state index is 12.8. The molecule has 3 aromatic heterocycles. The fourth-order valence-corrected chi connectivity index (χ4v) is 3.50. The number of aromatic amines is 1. The Balaban J connectivity index is 1.57. The Morgan fingerprint density at radius 3 is 2.82 bits per heavy atom. The van der Waals surface area contributed by atoms with Crippen LogP contribution in [0.15, 0.2) is 60.8 Å². The first-order valence-electron chi connectivity index (χ1n) is 8.96. The molecule has 4 aromatic rings. The molecule has 7 nitrogen and oxygen atoms in total. The number of H-pyrrole nitrogens is 1. The average Bonchev–Trinajstić information content (AvgIpc) is 3.39. The highest BCUT2D eigenvalue weighted by atomic mass is 32.2. The molecule has 0 spiro atoms. The summed E-state index contributed by atoms with van der Waals surface area (Å²) in [7, 11) is 0. The van der Waals surface area contributed by atoms with E-state index in [0.717, 1.165) is 34.9 Å². The molecule has 28 heavy (non-hydrogen) atoms. The highest BCUT2D eigenvalue weighted by Gasteiger charge is 2.22. The SMILES string of the molecule is CSCC[C@@H](NC(=O)c1cc(-c2ccccc2)n[nH]1)c1nnc2ccccn12. The maximum atomic E-state index is 12.8. The van der Waals surface area contributed by atoms with Crippen LogP contribution in [-0.2, 0) is 0 Å². The van der Waals surface area contributed by atoms with Crippen molar-refractivity contribution in [3.8, 4) is 11.3 Å². The fraction of sp³-hybridized carbons (Fsp3) is 0.200. The predicted molar refractivity (Wildman–Crippen MR) is 110 cm³/mol. The molecule has 0 saturated carbocycles. The van der Waals surface area contributed by atoms with Crippen LogP contribution < -0.4 is 5.32 Å². The van der Waals surface area contributed by atoms with Gasteiger partial charge in [0.1, 0.15) is 5.69 Å². The van der Waals surface area contributed by atoms with E-state index in [9.17, 15) is 4.79 Å². The van der Waals surface area contributed by atoms with Crippen LogP contribution in [-0.4, -0.2) is 42.7 Å². The number of nitrogens with one attached hydrogen (secondary N) is 2. The summed E-state index contributed by atoms with van der Waals surface area (Å²) < 4.78 is 1.91. The lowest BCUT2D eigenvalue weighted by Crippen LogP contribution is -2.30. The van der Waals surface area contributed by atoms with Crippen LogP contribution in [0.5, 0.6) is 0 Å². The Labute approximate surface area is 166 Å². The van der Waals surface area contributed by atoms with Gasteiger partial charge in [-0.25, -0.2) is 0 Å². The van der Waals surface area contributed by atoms with Crippen LogP contribution in [0.2, 0.25) is 0 Å². The van der Waals surface area contributed by atoms with E-state index in [1.807, 2.05) is 65.4 Å². The summed E-state index contributed by atoms with van der Waals surface area (Å²) >= 11 is 1.73. The van der Waals surface area contributed by atoms with Crippen molar-refractivity contribution in [3.05, 3.63) is 72.3 Å². The number of benzene rings is 1. The largest absolute Gasteiger partial charge is 0.341 e. The van der Waals surface area contributed by atoms with Gasteiger partial charge in [-0.15, -0.1) is 10.2 Å². The zero-order valence-electron chi connectivity index (χ0n) is 15.4. The number of hydrogen-bond donors (Lipinski definition) is 2. The van der Waals surface area contributed by atoms with Crippen LogP contribution in [0.3, 0.4) is 0 Å². The number of carbonyl (C=O) groups is 1. The van der Waals surface area contributed by atoms with Crippen LogP contribution in [0.4, 0.5) is 0 Å². The first kappa shape index (κ1) is 18.2. The average molecular weight is 392 g/mol. The van der Waals surface area contributed by atoms with Crippen molar-refractivity contribution in [2.75, 3.05) is 12.0 Å². The van der Waals surface area contributed by atoms with Crippen molar-refractivity contribution in [1.29, 1.82) is 0 Å². The predicted octanol–water partition coefficient (Wildman–Crippen LogP) is 3.34. The number of pyridine rings is 1. The molecule has 0 unspecified atom stereocenters. The minimum Gasteiger partial charge on any atom is -0.341 e. The van der Waals surface area contributed by atoms with Crippen LogP contribution in [0.1, 0.15) is 28.8 Å². The minimum atomic E-state index is -0.249. The van der Waals surface area contributed by atoms with E-state index in [1.165, 1.54) is 0 Å². The van der Waals surface area contributed by atoms with Crippen LogP contribution in [0, 0.1) is 0 Å². The molecular formula is C20H20N6OS. The van der Waals surface area contributed by atoms with E-state index in [2.05, 4.69) is 25.7 Å². The third-order valence-corrected chi connectivity index (χ3v) is 5.10. The molecule has 3 heterocycles. The molecule has 0 aliphatic carbocycles. The molecule has 2 N–H and O–H groups in total. The van der Waals surface area contributed by atoms with Gasteiger partial charge in [-0.05, 0) is 36.6 Å². The lowest BCUT2D eigenvalue weighted by atomic mass is 10.1. The minimum absolute atomic E-state index is 0.214. The Kier molecular flexibility index (Phi) is 5.38. The summed E-state index contributed by atoms with van der Waals surface area (Å²) in [6, 6.07) is 17.0. The van der Waals surface area contributed by atoms with Gasteiger partial charge in [0, 0.05) is 11.8 Å². The number of aromatic nitrogens is 5. The maximum Gasteiger partial charge on any atom is 0.269 e. The summed E-state index contributed by atoms with van der Waals surface area (Å²) in [6.45, 7) is 0. The van der Waals surface area contributed by atoms with Gasteiger partial charge < -0.3 is 5.32 Å². The van der Waals surface area contributed by atoms with Gasteiger partial charge in [0.15, 0.2) is 11.5 Å². The number of fused-ring (bicyclic) bond motifs is 1. The zero-order chi connectivity index (χ0) is 19.3. The smallest absolute Gasteiger partial charge is 0.269 e. The summed E-state index contributed by atoms with van der Waals surface area (Å²) in [5.74, 6) is 1.40. The molecule has 4 rings (SSSR count). The number of thioether (sulfide) groups is 1. The molecule has 0 aliphatic rings. The van der Waals surface area contributed by atoms with E-state index >= 15 is 0 Å².